The summed E-state index contributed by atoms with van der Waals surface area (Å²) in [5.41, 5.74) is 0. The third-order valence-corrected chi connectivity index (χ3v) is 2.85. The first-order valence-corrected chi connectivity index (χ1v) is 5.19. The minimum absolute atomic E-state index is 0.311. The number of hydrogen-bond donors (Lipinski definition) is 3. The number of hydrogen-bond acceptors (Lipinski definition) is 3. The van der Waals surface area contributed by atoms with E-state index in [0.29, 0.717) is 0 Å². The van der Waals surface area contributed by atoms with Crippen LogP contribution in [0.3, 0.4) is 0 Å². The van der Waals surface area contributed by atoms with Gasteiger partial charge in [-0.3, -0.25) is 15.3 Å². The van der Waals surface area contributed by atoms with E-state index in [0.717, 1.165) is 19.6 Å². The van der Waals surface area contributed by atoms with Gasteiger partial charge >= 0.3 is 0 Å². The largest absolute Gasteiger partial charge is 0.272 e. The summed E-state index contributed by atoms with van der Waals surface area (Å²) < 4.78 is 0. The van der Waals surface area contributed by atoms with Crippen LogP contribution in [0.25, 0.3) is 0 Å². The predicted molar refractivity (Wildman–Crippen MR) is 48.0 cm³/mol. The first kappa shape index (κ1) is 10.3. The highest BCUT2D eigenvalue weighted by atomic mass is 31.1. The van der Waals surface area contributed by atoms with Crippen molar-refractivity contribution in [2.24, 2.45) is 0 Å². The van der Waals surface area contributed by atoms with Crippen molar-refractivity contribution in [1.29, 1.82) is 0 Å². The Bertz CT molecular complexity index is 55.7. The summed E-state index contributed by atoms with van der Waals surface area (Å²) in [4.78, 5) is 0. The first-order valence-electron chi connectivity index (χ1n) is 3.85. The summed E-state index contributed by atoms with van der Waals surface area (Å²) in [5.74, 6) is 0. The third kappa shape index (κ3) is 5.12. The molecule has 4 heteroatoms. The molecule has 3 nitrogen and oxygen atoms in total. The van der Waals surface area contributed by atoms with Crippen LogP contribution in [0.15, 0.2) is 0 Å². The molecule has 0 heterocycles. The van der Waals surface area contributed by atoms with Crippen molar-refractivity contribution in [2.75, 3.05) is 19.6 Å². The Labute approximate surface area is 64.9 Å². The lowest BCUT2D eigenvalue weighted by Gasteiger charge is -2.17. The molecular formula is C6H18N3P. The Balaban J connectivity index is 3.30. The zero-order valence-corrected chi connectivity index (χ0v) is 7.96. The molecule has 10 heavy (non-hydrogen) atoms. The van der Waals surface area contributed by atoms with Gasteiger partial charge in [-0.1, -0.05) is 20.8 Å². The fraction of sp³-hybridized carbons (Fsp3) is 1.00. The van der Waals surface area contributed by atoms with Gasteiger partial charge in [0.25, 0.3) is 0 Å². The van der Waals surface area contributed by atoms with Crippen LogP contribution in [0.1, 0.15) is 20.8 Å². The molecular weight excluding hydrogens is 145 g/mol. The second kappa shape index (κ2) is 7.42. The van der Waals surface area contributed by atoms with Gasteiger partial charge in [0.05, 0.1) is 0 Å². The van der Waals surface area contributed by atoms with Gasteiger partial charge in [0, 0.05) is 0 Å². The molecule has 0 aromatic heterocycles. The number of nitrogens with one attached hydrogen (secondary N) is 3. The van der Waals surface area contributed by atoms with Gasteiger partial charge in [-0.2, -0.15) is 0 Å². The Morgan fingerprint density at radius 1 is 0.800 bits per heavy atom. The van der Waals surface area contributed by atoms with Gasteiger partial charge in [-0.05, 0) is 19.6 Å². The highest BCUT2D eigenvalue weighted by molar-refractivity contribution is 7.51. The standard InChI is InChI=1S/C6H18N3P/c1-4-7-10(8-5-2)9-6-3/h7-9H,4-6H2,1-3H3. The minimum atomic E-state index is -0.311. The SMILES string of the molecule is CCNP(NCC)NCC. The Kier molecular flexibility index (Phi) is 7.65. The average Bonchev–Trinajstić information content (AvgIpc) is 1.90. The maximum atomic E-state index is 3.33. The van der Waals surface area contributed by atoms with Crippen LogP contribution in [0.5, 0.6) is 0 Å². The molecule has 0 atom stereocenters. The first-order chi connectivity index (χ1) is 4.85. The molecule has 0 fully saturated rings. The van der Waals surface area contributed by atoms with E-state index in [-0.39, 0.29) is 8.37 Å². The Morgan fingerprint density at radius 2 is 1.10 bits per heavy atom. The number of rotatable bonds is 6. The van der Waals surface area contributed by atoms with Crippen LogP contribution in [0.2, 0.25) is 0 Å². The molecule has 0 rings (SSSR count). The molecule has 0 aromatic carbocycles. The maximum absolute atomic E-state index is 3.33. The average molecular weight is 163 g/mol. The van der Waals surface area contributed by atoms with Crippen LogP contribution in [0.4, 0.5) is 0 Å². The molecule has 3 N–H and O–H groups in total. The quantitative estimate of drug-likeness (QED) is 0.512. The summed E-state index contributed by atoms with van der Waals surface area (Å²) in [6.07, 6.45) is 0. The van der Waals surface area contributed by atoms with Crippen molar-refractivity contribution in [1.82, 2.24) is 15.3 Å². The van der Waals surface area contributed by atoms with E-state index in [1.807, 2.05) is 0 Å². The van der Waals surface area contributed by atoms with Crippen molar-refractivity contribution in [3.8, 4) is 0 Å². The van der Waals surface area contributed by atoms with E-state index in [1.165, 1.54) is 0 Å². The van der Waals surface area contributed by atoms with Crippen LogP contribution in [-0.4, -0.2) is 19.6 Å². The Morgan fingerprint density at radius 3 is 1.30 bits per heavy atom. The monoisotopic (exact) mass is 163 g/mol. The highest BCUT2D eigenvalue weighted by Crippen LogP contribution is 2.16. The lowest BCUT2D eigenvalue weighted by molar-refractivity contribution is 0.881. The highest BCUT2D eigenvalue weighted by Gasteiger charge is 2.00. The van der Waals surface area contributed by atoms with Crippen LogP contribution in [0, 0.1) is 0 Å². The lowest BCUT2D eigenvalue weighted by atomic mass is 10.8. The molecule has 0 saturated carbocycles. The second-order valence-corrected chi connectivity index (χ2v) is 3.49. The van der Waals surface area contributed by atoms with Gasteiger partial charge in [0.2, 0.25) is 0 Å². The third-order valence-electron chi connectivity index (χ3n) is 0.949. The van der Waals surface area contributed by atoms with E-state index < -0.39 is 0 Å². The molecule has 0 unspecified atom stereocenters. The van der Waals surface area contributed by atoms with Crippen LogP contribution in [-0.2, 0) is 0 Å². The van der Waals surface area contributed by atoms with Gasteiger partial charge < -0.3 is 0 Å². The topological polar surface area (TPSA) is 36.1 Å². The molecule has 0 bridgehead atoms. The van der Waals surface area contributed by atoms with Crippen molar-refractivity contribution in [3.05, 3.63) is 0 Å². The molecule has 0 aliphatic carbocycles. The molecule has 0 aliphatic heterocycles. The Hall–Kier alpha value is 0.310. The molecule has 0 aliphatic rings. The van der Waals surface area contributed by atoms with Gasteiger partial charge in [0.15, 0.2) is 0 Å². The summed E-state index contributed by atoms with van der Waals surface area (Å²) in [6, 6.07) is 0. The van der Waals surface area contributed by atoms with Gasteiger partial charge in [0.1, 0.15) is 8.37 Å². The molecule has 0 saturated heterocycles. The predicted octanol–water partition coefficient (Wildman–Crippen LogP) is 1.04. The normalized spacial score (nSPS) is 10.8. The summed E-state index contributed by atoms with van der Waals surface area (Å²) in [7, 11) is -0.311. The summed E-state index contributed by atoms with van der Waals surface area (Å²) >= 11 is 0. The van der Waals surface area contributed by atoms with E-state index in [4.69, 9.17) is 0 Å². The zero-order chi connectivity index (χ0) is 7.82. The zero-order valence-electron chi connectivity index (χ0n) is 7.07. The molecule has 0 amide bonds. The van der Waals surface area contributed by atoms with Gasteiger partial charge in [-0.15, -0.1) is 0 Å². The fourth-order valence-corrected chi connectivity index (χ4v) is 1.93. The van der Waals surface area contributed by atoms with Crippen molar-refractivity contribution in [3.63, 3.8) is 0 Å². The summed E-state index contributed by atoms with van der Waals surface area (Å²) in [6.45, 7) is 9.40. The van der Waals surface area contributed by atoms with Crippen molar-refractivity contribution >= 4 is 8.37 Å². The van der Waals surface area contributed by atoms with Crippen molar-refractivity contribution in [2.45, 2.75) is 20.8 Å². The van der Waals surface area contributed by atoms with Crippen LogP contribution >= 0.6 is 8.37 Å². The van der Waals surface area contributed by atoms with Crippen LogP contribution < -0.4 is 15.3 Å². The maximum Gasteiger partial charge on any atom is 0.111 e. The summed E-state index contributed by atoms with van der Waals surface area (Å²) in [5, 5.41) is 9.98. The van der Waals surface area contributed by atoms with E-state index in [2.05, 4.69) is 36.0 Å². The lowest BCUT2D eigenvalue weighted by Crippen LogP contribution is -2.27. The van der Waals surface area contributed by atoms with E-state index >= 15 is 0 Å². The molecule has 0 spiro atoms. The smallest absolute Gasteiger partial charge is 0.111 e. The van der Waals surface area contributed by atoms with Gasteiger partial charge in [-0.25, -0.2) is 0 Å². The minimum Gasteiger partial charge on any atom is -0.272 e. The second-order valence-electron chi connectivity index (χ2n) is 1.87. The fourth-order valence-electron chi connectivity index (χ4n) is 0.642. The molecule has 0 radical (unpaired) electrons. The molecule has 62 valence electrons. The van der Waals surface area contributed by atoms with Crippen molar-refractivity contribution < 1.29 is 0 Å². The van der Waals surface area contributed by atoms with E-state index in [1.54, 1.807) is 0 Å². The van der Waals surface area contributed by atoms with E-state index in [9.17, 15) is 0 Å². The molecule has 0 aromatic rings.